The Balaban J connectivity index is 1.93. The van der Waals surface area contributed by atoms with Gasteiger partial charge in [-0.15, -0.1) is 0 Å². The van der Waals surface area contributed by atoms with E-state index >= 15 is 0 Å². The minimum atomic E-state index is -1.22. The standard InChI is InChI=1S/C15H20N2O3/c1-15(2,13(18)19)17(3)14(20)16-12-9-11(12)10-7-5-4-6-8-10/h4-8,11-12H,9H2,1-3H3,(H,16,20)(H,18,19). The number of carboxylic acid groups (broad SMARTS) is 1. The summed E-state index contributed by atoms with van der Waals surface area (Å²) in [5, 5.41) is 12.0. The molecular weight excluding hydrogens is 256 g/mol. The van der Waals surface area contributed by atoms with E-state index in [0.717, 1.165) is 6.42 Å². The number of carboxylic acids is 1. The summed E-state index contributed by atoms with van der Waals surface area (Å²) >= 11 is 0. The fourth-order valence-corrected chi connectivity index (χ4v) is 2.08. The fraction of sp³-hybridized carbons (Fsp3) is 0.467. The van der Waals surface area contributed by atoms with Crippen LogP contribution in [0.1, 0.15) is 31.7 Å². The van der Waals surface area contributed by atoms with Gasteiger partial charge in [-0.3, -0.25) is 0 Å². The molecule has 20 heavy (non-hydrogen) atoms. The first-order valence-corrected chi connectivity index (χ1v) is 6.66. The highest BCUT2D eigenvalue weighted by Crippen LogP contribution is 2.40. The number of benzene rings is 1. The Kier molecular flexibility index (Phi) is 3.70. The van der Waals surface area contributed by atoms with Gasteiger partial charge in [0.15, 0.2) is 0 Å². The molecule has 1 aromatic rings. The third-order valence-corrected chi connectivity index (χ3v) is 3.99. The lowest BCUT2D eigenvalue weighted by Crippen LogP contribution is -2.54. The molecule has 1 aliphatic rings. The first-order valence-electron chi connectivity index (χ1n) is 6.66. The number of likely N-dealkylation sites (N-methyl/N-ethyl adjacent to an activating group) is 1. The van der Waals surface area contributed by atoms with Crippen LogP contribution in [-0.4, -0.2) is 40.6 Å². The monoisotopic (exact) mass is 276 g/mol. The largest absolute Gasteiger partial charge is 0.480 e. The Morgan fingerprint density at radius 3 is 2.45 bits per heavy atom. The molecule has 2 N–H and O–H groups in total. The van der Waals surface area contributed by atoms with Crippen LogP contribution < -0.4 is 5.32 Å². The Morgan fingerprint density at radius 1 is 1.30 bits per heavy atom. The van der Waals surface area contributed by atoms with Gasteiger partial charge < -0.3 is 15.3 Å². The summed E-state index contributed by atoms with van der Waals surface area (Å²) in [5.41, 5.74) is -0.0146. The number of urea groups is 1. The average molecular weight is 276 g/mol. The van der Waals surface area contributed by atoms with Crippen LogP contribution in [0.5, 0.6) is 0 Å². The normalized spacial score (nSPS) is 21.1. The summed E-state index contributed by atoms with van der Waals surface area (Å²) < 4.78 is 0. The van der Waals surface area contributed by atoms with E-state index in [0.29, 0.717) is 5.92 Å². The lowest BCUT2D eigenvalue weighted by molar-refractivity contribution is -0.146. The minimum Gasteiger partial charge on any atom is -0.480 e. The summed E-state index contributed by atoms with van der Waals surface area (Å²) in [6.45, 7) is 3.02. The van der Waals surface area contributed by atoms with Gasteiger partial charge in [-0.1, -0.05) is 30.3 Å². The van der Waals surface area contributed by atoms with Crippen LogP contribution in [0.3, 0.4) is 0 Å². The molecule has 1 aliphatic carbocycles. The van der Waals surface area contributed by atoms with Crippen LogP contribution in [0.25, 0.3) is 0 Å². The summed E-state index contributed by atoms with van der Waals surface area (Å²) in [4.78, 5) is 24.4. The Hall–Kier alpha value is -2.04. The quantitative estimate of drug-likeness (QED) is 0.884. The molecule has 5 heteroatoms. The van der Waals surface area contributed by atoms with Crippen molar-refractivity contribution in [3.05, 3.63) is 35.9 Å². The molecule has 0 saturated heterocycles. The van der Waals surface area contributed by atoms with Crippen molar-refractivity contribution in [2.24, 2.45) is 0 Å². The van der Waals surface area contributed by atoms with E-state index in [2.05, 4.69) is 5.32 Å². The maximum Gasteiger partial charge on any atom is 0.329 e. The molecule has 0 spiro atoms. The number of aliphatic carboxylic acids is 1. The first kappa shape index (κ1) is 14.4. The highest BCUT2D eigenvalue weighted by molar-refractivity contribution is 5.85. The molecule has 1 fully saturated rings. The van der Waals surface area contributed by atoms with E-state index in [-0.39, 0.29) is 12.1 Å². The predicted octanol–water partition coefficient (Wildman–Crippen LogP) is 2.05. The molecule has 108 valence electrons. The number of hydrogen-bond acceptors (Lipinski definition) is 2. The van der Waals surface area contributed by atoms with Gasteiger partial charge in [0.05, 0.1) is 0 Å². The zero-order valence-electron chi connectivity index (χ0n) is 12.0. The number of nitrogens with one attached hydrogen (secondary N) is 1. The Morgan fingerprint density at radius 2 is 1.90 bits per heavy atom. The highest BCUT2D eigenvalue weighted by atomic mass is 16.4. The molecule has 1 aromatic carbocycles. The predicted molar refractivity (Wildman–Crippen MR) is 75.6 cm³/mol. The molecule has 5 nitrogen and oxygen atoms in total. The second-order valence-electron chi connectivity index (χ2n) is 5.73. The number of nitrogens with zero attached hydrogens (tertiary/aromatic N) is 1. The molecule has 0 radical (unpaired) electrons. The van der Waals surface area contributed by atoms with Gasteiger partial charge >= 0.3 is 12.0 Å². The fourth-order valence-electron chi connectivity index (χ4n) is 2.08. The van der Waals surface area contributed by atoms with Gasteiger partial charge in [0.25, 0.3) is 0 Å². The van der Waals surface area contributed by atoms with Gasteiger partial charge in [0.1, 0.15) is 5.54 Å². The van der Waals surface area contributed by atoms with Crippen molar-refractivity contribution in [1.82, 2.24) is 10.2 Å². The van der Waals surface area contributed by atoms with E-state index in [9.17, 15) is 9.59 Å². The third kappa shape index (κ3) is 2.76. The van der Waals surface area contributed by atoms with E-state index in [1.54, 1.807) is 0 Å². The summed E-state index contributed by atoms with van der Waals surface area (Å²) in [6.07, 6.45) is 0.900. The highest BCUT2D eigenvalue weighted by Gasteiger charge is 2.42. The lowest BCUT2D eigenvalue weighted by Gasteiger charge is -2.31. The van der Waals surface area contributed by atoms with E-state index in [1.165, 1.54) is 31.4 Å². The number of carbonyl (C=O) groups excluding carboxylic acids is 1. The van der Waals surface area contributed by atoms with Gasteiger partial charge in [0, 0.05) is 19.0 Å². The summed E-state index contributed by atoms with van der Waals surface area (Å²) in [5.74, 6) is -0.688. The van der Waals surface area contributed by atoms with Crippen LogP contribution in [0.15, 0.2) is 30.3 Å². The molecule has 2 amide bonds. The van der Waals surface area contributed by atoms with Gasteiger partial charge in [-0.25, -0.2) is 9.59 Å². The average Bonchev–Trinajstić information content (AvgIpc) is 3.17. The molecule has 0 aromatic heterocycles. The van der Waals surface area contributed by atoms with Gasteiger partial charge in [0.2, 0.25) is 0 Å². The molecule has 2 atom stereocenters. The van der Waals surface area contributed by atoms with Crippen molar-refractivity contribution >= 4 is 12.0 Å². The van der Waals surface area contributed by atoms with Crippen molar-refractivity contribution in [1.29, 1.82) is 0 Å². The van der Waals surface area contributed by atoms with Crippen LogP contribution in [0.2, 0.25) is 0 Å². The molecular formula is C15H20N2O3. The Labute approximate surface area is 118 Å². The zero-order valence-corrected chi connectivity index (χ0v) is 12.0. The zero-order chi connectivity index (χ0) is 14.9. The molecule has 2 rings (SSSR count). The Bertz CT molecular complexity index is 513. The maximum atomic E-state index is 12.1. The number of amides is 2. The smallest absolute Gasteiger partial charge is 0.329 e. The maximum absolute atomic E-state index is 12.1. The summed E-state index contributed by atoms with van der Waals surface area (Å²) in [7, 11) is 1.50. The molecule has 0 aliphatic heterocycles. The van der Waals surface area contributed by atoms with Crippen LogP contribution in [0.4, 0.5) is 4.79 Å². The second-order valence-corrected chi connectivity index (χ2v) is 5.73. The number of rotatable bonds is 4. The van der Waals surface area contributed by atoms with Crippen LogP contribution in [0, 0.1) is 0 Å². The van der Waals surface area contributed by atoms with E-state index in [1.807, 2.05) is 30.3 Å². The van der Waals surface area contributed by atoms with Gasteiger partial charge in [-0.2, -0.15) is 0 Å². The number of hydrogen-bond donors (Lipinski definition) is 2. The van der Waals surface area contributed by atoms with Crippen LogP contribution >= 0.6 is 0 Å². The molecule has 0 heterocycles. The molecule has 1 saturated carbocycles. The van der Waals surface area contributed by atoms with Crippen molar-refractivity contribution in [2.75, 3.05) is 7.05 Å². The van der Waals surface area contributed by atoms with Crippen molar-refractivity contribution in [3.8, 4) is 0 Å². The van der Waals surface area contributed by atoms with Gasteiger partial charge in [-0.05, 0) is 25.8 Å². The summed E-state index contributed by atoms with van der Waals surface area (Å²) in [6, 6.07) is 9.75. The number of carbonyl (C=O) groups is 2. The molecule has 2 unspecified atom stereocenters. The SMILES string of the molecule is CN(C(=O)NC1CC1c1ccccc1)C(C)(C)C(=O)O. The van der Waals surface area contributed by atoms with Crippen molar-refractivity contribution in [2.45, 2.75) is 37.8 Å². The third-order valence-electron chi connectivity index (χ3n) is 3.99. The minimum absolute atomic E-state index is 0.0944. The topological polar surface area (TPSA) is 69.6 Å². The second kappa shape index (κ2) is 5.15. The molecule has 0 bridgehead atoms. The first-order chi connectivity index (χ1) is 9.34. The van der Waals surface area contributed by atoms with Crippen molar-refractivity contribution < 1.29 is 14.7 Å². The lowest BCUT2D eigenvalue weighted by atomic mass is 10.1. The van der Waals surface area contributed by atoms with Crippen LogP contribution in [-0.2, 0) is 4.79 Å². The van der Waals surface area contributed by atoms with Crippen molar-refractivity contribution in [3.63, 3.8) is 0 Å². The van der Waals surface area contributed by atoms with E-state index in [4.69, 9.17) is 5.11 Å². The van der Waals surface area contributed by atoms with E-state index < -0.39 is 11.5 Å².